The molecule has 1 fully saturated rings. The van der Waals surface area contributed by atoms with Crippen molar-refractivity contribution in [3.05, 3.63) is 107 Å². The van der Waals surface area contributed by atoms with Crippen LogP contribution in [0.15, 0.2) is 84.9 Å². The highest BCUT2D eigenvalue weighted by Crippen LogP contribution is 2.60. The lowest BCUT2D eigenvalue weighted by molar-refractivity contribution is 0.0452. The molecule has 1 aliphatic carbocycles. The quantitative estimate of drug-likeness (QED) is 0.201. The zero-order valence-electron chi connectivity index (χ0n) is 19.9. The Morgan fingerprint density at radius 3 is 1.08 bits per heavy atom. The van der Waals surface area contributed by atoms with Crippen molar-refractivity contribution in [2.24, 2.45) is 11.8 Å². The van der Waals surface area contributed by atoms with E-state index in [9.17, 15) is 40.2 Å². The second-order valence-electron chi connectivity index (χ2n) is 9.42. The summed E-state index contributed by atoms with van der Waals surface area (Å²) in [7, 11) is 0. The fraction of sp³-hybridized carbons (Fsp3) is 0.133. The average molecular weight is 513 g/mol. The first-order valence-corrected chi connectivity index (χ1v) is 11.9. The van der Waals surface area contributed by atoms with E-state index in [4.69, 9.17) is 0 Å². The zero-order valence-corrected chi connectivity index (χ0v) is 19.9. The molecule has 0 heterocycles. The van der Waals surface area contributed by atoms with Gasteiger partial charge in [0.15, 0.2) is 11.6 Å². The lowest BCUT2D eigenvalue weighted by atomic mass is 9.49. The summed E-state index contributed by atoms with van der Waals surface area (Å²) >= 11 is 0. The number of Topliss-reactive ketones (excluding diaryl/α,β-unsaturated/α-hetero) is 2. The van der Waals surface area contributed by atoms with Crippen molar-refractivity contribution in [2.45, 2.75) is 11.8 Å². The molecule has 6 N–H and O–H groups in total. The summed E-state index contributed by atoms with van der Waals surface area (Å²) < 4.78 is 0. The third-order valence-electron chi connectivity index (χ3n) is 7.20. The van der Waals surface area contributed by atoms with E-state index in [1.54, 1.807) is 24.3 Å². The normalized spacial score (nSPS) is 20.4. The summed E-state index contributed by atoms with van der Waals surface area (Å²) in [6.07, 6.45) is 0. The highest BCUT2D eigenvalue weighted by Gasteiger charge is 2.58. The number of aromatic hydroxyl groups is 6. The van der Waals surface area contributed by atoms with Gasteiger partial charge in [-0.15, -0.1) is 0 Å². The second-order valence-corrected chi connectivity index (χ2v) is 9.42. The fourth-order valence-corrected chi connectivity index (χ4v) is 5.44. The molecule has 0 saturated heterocycles. The van der Waals surface area contributed by atoms with Crippen molar-refractivity contribution in [1.29, 1.82) is 0 Å². The first-order valence-electron chi connectivity index (χ1n) is 11.9. The smallest absolute Gasteiger partial charge is 0.171 e. The van der Waals surface area contributed by atoms with Gasteiger partial charge < -0.3 is 30.6 Å². The van der Waals surface area contributed by atoms with E-state index in [1.807, 2.05) is 0 Å². The van der Waals surface area contributed by atoms with Crippen LogP contribution in [0.1, 0.15) is 43.7 Å². The summed E-state index contributed by atoms with van der Waals surface area (Å²) in [6, 6.07) is 19.7. The lowest BCUT2D eigenvalue weighted by Gasteiger charge is -2.51. The predicted molar refractivity (Wildman–Crippen MR) is 137 cm³/mol. The highest BCUT2D eigenvalue weighted by molar-refractivity contribution is 6.09. The summed E-state index contributed by atoms with van der Waals surface area (Å²) in [5, 5.41) is 60.1. The topological polar surface area (TPSA) is 156 Å². The summed E-state index contributed by atoms with van der Waals surface area (Å²) in [6.45, 7) is 0. The van der Waals surface area contributed by atoms with Crippen molar-refractivity contribution in [3.8, 4) is 34.5 Å². The Balaban J connectivity index is 1.68. The SMILES string of the molecule is O=C(c1ccc(O)cc1O)C1C(C(=O)c2ccc(O)cc2O)C(c2ccc(O)cc2)C1c1ccc(O)cc1. The van der Waals surface area contributed by atoms with Crippen molar-refractivity contribution in [1.82, 2.24) is 0 Å². The largest absolute Gasteiger partial charge is 0.508 e. The maximum Gasteiger partial charge on any atom is 0.171 e. The van der Waals surface area contributed by atoms with E-state index in [1.165, 1.54) is 48.5 Å². The van der Waals surface area contributed by atoms with Gasteiger partial charge in [-0.1, -0.05) is 24.3 Å². The van der Waals surface area contributed by atoms with E-state index in [-0.39, 0.29) is 34.1 Å². The number of phenols is 6. The van der Waals surface area contributed by atoms with Crippen molar-refractivity contribution < 1.29 is 40.2 Å². The Morgan fingerprint density at radius 1 is 0.447 bits per heavy atom. The zero-order chi connectivity index (χ0) is 27.1. The second kappa shape index (κ2) is 9.48. The molecule has 192 valence electrons. The lowest BCUT2D eigenvalue weighted by Crippen LogP contribution is -2.51. The number of benzene rings is 4. The Labute approximate surface area is 217 Å². The van der Waals surface area contributed by atoms with Crippen molar-refractivity contribution >= 4 is 11.6 Å². The Morgan fingerprint density at radius 2 is 0.763 bits per heavy atom. The Hall–Kier alpha value is -4.98. The number of rotatable bonds is 6. The Bertz CT molecular complexity index is 1410. The van der Waals surface area contributed by atoms with E-state index in [0.717, 1.165) is 12.1 Å². The van der Waals surface area contributed by atoms with Crippen molar-refractivity contribution in [3.63, 3.8) is 0 Å². The molecule has 8 heteroatoms. The number of carbonyl (C=O) groups excluding carboxylic acids is 2. The minimum atomic E-state index is -0.991. The van der Waals surface area contributed by atoms with Crippen LogP contribution in [0.3, 0.4) is 0 Å². The van der Waals surface area contributed by atoms with E-state index >= 15 is 0 Å². The van der Waals surface area contributed by atoms with Crippen molar-refractivity contribution in [2.75, 3.05) is 0 Å². The molecular formula is C30H24O8. The summed E-state index contributed by atoms with van der Waals surface area (Å²) in [5.74, 6) is -5.49. The van der Waals surface area contributed by atoms with Gasteiger partial charge in [0.05, 0.1) is 11.1 Å². The van der Waals surface area contributed by atoms with Crippen LogP contribution < -0.4 is 0 Å². The monoisotopic (exact) mass is 512 g/mol. The predicted octanol–water partition coefficient (Wildman–Crippen LogP) is 4.80. The first kappa shape index (κ1) is 24.7. The van der Waals surface area contributed by atoms with Gasteiger partial charge in [-0.05, 0) is 59.7 Å². The number of hydrogen-bond donors (Lipinski definition) is 6. The minimum Gasteiger partial charge on any atom is -0.508 e. The van der Waals surface area contributed by atoms with E-state index < -0.39 is 46.7 Å². The van der Waals surface area contributed by atoms with Crippen LogP contribution >= 0.6 is 0 Å². The summed E-state index contributed by atoms with van der Waals surface area (Å²) in [5.41, 5.74) is 1.18. The highest BCUT2D eigenvalue weighted by atomic mass is 16.3. The number of ketones is 2. The molecule has 4 atom stereocenters. The first-order chi connectivity index (χ1) is 18.2. The van der Waals surface area contributed by atoms with Crippen LogP contribution in [-0.2, 0) is 0 Å². The molecule has 4 aromatic rings. The van der Waals surface area contributed by atoms with Gasteiger partial charge in [0.25, 0.3) is 0 Å². The molecule has 4 aromatic carbocycles. The molecule has 1 aliphatic rings. The molecule has 0 aliphatic heterocycles. The Kier molecular flexibility index (Phi) is 6.16. The molecule has 5 rings (SSSR count). The average Bonchev–Trinajstić information content (AvgIpc) is 2.85. The van der Waals surface area contributed by atoms with Crippen LogP contribution in [0.5, 0.6) is 34.5 Å². The molecule has 0 bridgehead atoms. The van der Waals surface area contributed by atoms with Gasteiger partial charge >= 0.3 is 0 Å². The molecule has 0 aromatic heterocycles. The molecule has 1 saturated carbocycles. The van der Waals surface area contributed by atoms with Crippen LogP contribution in [0.4, 0.5) is 0 Å². The van der Waals surface area contributed by atoms with Crippen LogP contribution in [0.25, 0.3) is 0 Å². The maximum absolute atomic E-state index is 13.9. The standard InChI is InChI=1S/C30H24O8/c31-17-5-1-15(2-6-17)25-26(16-3-7-18(32)8-4-16)28(30(38)22-12-10-20(34)14-24(22)36)27(25)29(37)21-11-9-19(33)13-23(21)35/h1-14,25-28,31-36H. The third-order valence-corrected chi connectivity index (χ3v) is 7.20. The van der Waals surface area contributed by atoms with E-state index in [2.05, 4.69) is 0 Å². The fourth-order valence-electron chi connectivity index (χ4n) is 5.44. The van der Waals surface area contributed by atoms with Crippen LogP contribution in [0, 0.1) is 11.8 Å². The summed E-state index contributed by atoms with van der Waals surface area (Å²) in [4.78, 5) is 27.9. The van der Waals surface area contributed by atoms with Gasteiger partial charge in [0.1, 0.15) is 34.5 Å². The number of carbonyl (C=O) groups is 2. The van der Waals surface area contributed by atoms with Gasteiger partial charge in [0.2, 0.25) is 0 Å². The van der Waals surface area contributed by atoms with E-state index in [0.29, 0.717) is 11.1 Å². The molecule has 0 radical (unpaired) electrons. The van der Waals surface area contributed by atoms with Crippen LogP contribution in [-0.4, -0.2) is 42.2 Å². The van der Waals surface area contributed by atoms with Crippen LogP contribution in [0.2, 0.25) is 0 Å². The number of phenolic OH excluding ortho intramolecular Hbond substituents is 6. The number of hydrogen-bond acceptors (Lipinski definition) is 8. The van der Waals surface area contributed by atoms with Gasteiger partial charge in [0, 0.05) is 35.8 Å². The maximum atomic E-state index is 13.9. The molecule has 38 heavy (non-hydrogen) atoms. The van der Waals surface area contributed by atoms with Gasteiger partial charge in [-0.3, -0.25) is 9.59 Å². The molecule has 8 nitrogen and oxygen atoms in total. The minimum absolute atomic E-state index is 0.0231. The van der Waals surface area contributed by atoms with Gasteiger partial charge in [-0.25, -0.2) is 0 Å². The molecule has 0 spiro atoms. The molecular weight excluding hydrogens is 488 g/mol. The molecule has 4 unspecified atom stereocenters. The molecule has 0 amide bonds. The van der Waals surface area contributed by atoms with Gasteiger partial charge in [-0.2, -0.15) is 0 Å². The third kappa shape index (κ3) is 4.26.